The van der Waals surface area contributed by atoms with E-state index in [9.17, 15) is 23.2 Å². The topological polar surface area (TPSA) is 87.9 Å². The molecule has 1 saturated heterocycles. The van der Waals surface area contributed by atoms with Crippen molar-refractivity contribution in [3.05, 3.63) is 52.2 Å². The molecule has 12 heteroatoms. The summed E-state index contributed by atoms with van der Waals surface area (Å²) >= 11 is 0. The van der Waals surface area contributed by atoms with Crippen LogP contribution >= 0.6 is 0 Å². The number of rotatable bonds is 7. The molecule has 0 aliphatic carbocycles. The molecule has 9 nitrogen and oxygen atoms in total. The average Bonchev–Trinajstić information content (AvgIpc) is 3.55. The minimum atomic E-state index is -4.43. The van der Waals surface area contributed by atoms with Gasteiger partial charge < -0.3 is 14.0 Å². The van der Waals surface area contributed by atoms with Gasteiger partial charge in [-0.05, 0) is 44.9 Å². The van der Waals surface area contributed by atoms with E-state index < -0.39 is 11.7 Å². The van der Waals surface area contributed by atoms with Crippen molar-refractivity contribution in [3.8, 4) is 6.07 Å². The quantitative estimate of drug-likeness (QED) is 0.309. The minimum Gasteiger partial charge on any atom is -0.364 e. The van der Waals surface area contributed by atoms with E-state index in [0.29, 0.717) is 41.7 Å². The van der Waals surface area contributed by atoms with Gasteiger partial charge in [0.15, 0.2) is 0 Å². The number of alkyl halides is 3. The third kappa shape index (κ3) is 4.96. The van der Waals surface area contributed by atoms with Gasteiger partial charge >= 0.3 is 6.18 Å². The molecular formula is C29H35F3N8O. The van der Waals surface area contributed by atoms with E-state index in [4.69, 9.17) is 4.98 Å². The van der Waals surface area contributed by atoms with Crippen molar-refractivity contribution in [2.75, 3.05) is 18.0 Å². The Morgan fingerprint density at radius 1 is 1.10 bits per heavy atom. The van der Waals surface area contributed by atoms with Crippen LogP contribution in [0.4, 0.5) is 18.9 Å². The first-order valence-electron chi connectivity index (χ1n) is 14.1. The van der Waals surface area contributed by atoms with Crippen molar-refractivity contribution < 1.29 is 13.2 Å². The molecule has 3 atom stereocenters. The van der Waals surface area contributed by atoms with Crippen molar-refractivity contribution >= 4 is 27.8 Å². The van der Waals surface area contributed by atoms with Crippen LogP contribution in [0.5, 0.6) is 0 Å². The fourth-order valence-electron chi connectivity index (χ4n) is 6.19. The number of aromatic nitrogens is 5. The van der Waals surface area contributed by atoms with Gasteiger partial charge in [-0.1, -0.05) is 13.8 Å². The molecule has 0 radical (unpaired) electrons. The smallest absolute Gasteiger partial charge is 0.364 e. The Bertz CT molecular complexity index is 1680. The molecule has 5 rings (SSSR count). The Balaban J connectivity index is 1.53. The van der Waals surface area contributed by atoms with Crippen molar-refractivity contribution in [3.63, 3.8) is 0 Å². The zero-order valence-electron chi connectivity index (χ0n) is 24.0. The van der Waals surface area contributed by atoms with Crippen molar-refractivity contribution in [2.45, 2.75) is 77.9 Å². The van der Waals surface area contributed by atoms with Crippen molar-refractivity contribution in [1.29, 1.82) is 5.26 Å². The van der Waals surface area contributed by atoms with Crippen LogP contribution < -0.4 is 10.5 Å². The molecule has 3 aromatic heterocycles. The molecule has 218 valence electrons. The van der Waals surface area contributed by atoms with E-state index in [1.807, 2.05) is 11.5 Å². The summed E-state index contributed by atoms with van der Waals surface area (Å²) in [6, 6.07) is 7.53. The summed E-state index contributed by atoms with van der Waals surface area (Å²) in [5, 5.41) is 13.8. The first-order chi connectivity index (χ1) is 19.5. The molecule has 0 unspecified atom stereocenters. The lowest BCUT2D eigenvalue weighted by Crippen LogP contribution is -2.59. The number of nitriles is 1. The third-order valence-electron chi connectivity index (χ3n) is 8.45. The van der Waals surface area contributed by atoms with Crippen molar-refractivity contribution in [2.24, 2.45) is 7.05 Å². The van der Waals surface area contributed by atoms with Crippen LogP contribution in [0.25, 0.3) is 22.1 Å². The van der Waals surface area contributed by atoms with E-state index in [1.54, 1.807) is 28.6 Å². The van der Waals surface area contributed by atoms with Gasteiger partial charge in [-0.15, -0.1) is 0 Å². The maximum Gasteiger partial charge on any atom is 0.416 e. The summed E-state index contributed by atoms with van der Waals surface area (Å²) in [4.78, 5) is 22.4. The molecule has 0 bridgehead atoms. The summed E-state index contributed by atoms with van der Waals surface area (Å²) in [5.41, 5.74) is 2.32. The molecule has 1 aromatic carbocycles. The Hall–Kier alpha value is -3.85. The molecule has 4 heterocycles. The number of fused-ring (bicyclic) bond motifs is 2. The van der Waals surface area contributed by atoms with Crippen LogP contribution in [0.1, 0.15) is 58.0 Å². The average molecular weight is 569 g/mol. The number of benzene rings is 1. The third-order valence-corrected chi connectivity index (χ3v) is 8.45. The van der Waals surface area contributed by atoms with Gasteiger partial charge in [0, 0.05) is 44.8 Å². The van der Waals surface area contributed by atoms with Gasteiger partial charge in [0.05, 0.1) is 46.1 Å². The van der Waals surface area contributed by atoms with E-state index >= 15 is 0 Å². The second-order valence-corrected chi connectivity index (χ2v) is 10.7. The highest BCUT2D eigenvalue weighted by Gasteiger charge is 2.38. The summed E-state index contributed by atoms with van der Waals surface area (Å²) in [7, 11) is 1.70. The van der Waals surface area contributed by atoms with Crippen LogP contribution in [0.3, 0.4) is 0 Å². The monoisotopic (exact) mass is 568 g/mol. The number of pyridine rings is 1. The van der Waals surface area contributed by atoms with Crippen LogP contribution in [-0.2, 0) is 26.3 Å². The predicted octanol–water partition coefficient (Wildman–Crippen LogP) is 5.09. The van der Waals surface area contributed by atoms with E-state index in [1.165, 1.54) is 6.07 Å². The van der Waals surface area contributed by atoms with Crippen LogP contribution in [0.2, 0.25) is 0 Å². The molecule has 0 N–H and O–H groups in total. The maximum absolute atomic E-state index is 13.4. The lowest BCUT2D eigenvalue weighted by Gasteiger charge is -2.49. The zero-order chi connectivity index (χ0) is 29.6. The van der Waals surface area contributed by atoms with Crippen LogP contribution in [0.15, 0.2) is 35.3 Å². The molecule has 0 spiro atoms. The van der Waals surface area contributed by atoms with Gasteiger partial charge in [0.25, 0.3) is 5.56 Å². The lowest BCUT2D eigenvalue weighted by molar-refractivity contribution is -0.137. The highest BCUT2D eigenvalue weighted by atomic mass is 19.4. The van der Waals surface area contributed by atoms with E-state index in [0.717, 1.165) is 36.5 Å². The first-order valence-corrected chi connectivity index (χ1v) is 14.1. The van der Waals surface area contributed by atoms with Gasteiger partial charge in [0.1, 0.15) is 17.9 Å². The highest BCUT2D eigenvalue weighted by molar-refractivity contribution is 5.88. The summed E-state index contributed by atoms with van der Waals surface area (Å²) in [5.74, 6) is 0.745. The minimum absolute atomic E-state index is 0.0629. The van der Waals surface area contributed by atoms with Crippen LogP contribution in [-0.4, -0.2) is 54.0 Å². The molecule has 41 heavy (non-hydrogen) atoms. The molecular weight excluding hydrogens is 533 g/mol. The van der Waals surface area contributed by atoms with Crippen molar-refractivity contribution in [1.82, 2.24) is 28.8 Å². The number of nitrogens with zero attached hydrogens (tertiary/aromatic N) is 8. The summed E-state index contributed by atoms with van der Waals surface area (Å²) in [6.45, 7) is 10.3. The Morgan fingerprint density at radius 2 is 1.83 bits per heavy atom. The number of hydrogen-bond acceptors (Lipinski definition) is 6. The predicted molar refractivity (Wildman–Crippen MR) is 152 cm³/mol. The molecule has 4 aromatic rings. The number of aryl methyl sites for hydroxylation is 2. The Labute approximate surface area is 236 Å². The number of piperazine rings is 1. The number of imidazole rings is 1. The molecule has 0 saturated carbocycles. The first kappa shape index (κ1) is 28.7. The molecule has 1 aliphatic rings. The lowest BCUT2D eigenvalue weighted by atomic mass is 9.99. The van der Waals surface area contributed by atoms with E-state index in [2.05, 4.69) is 41.7 Å². The molecule has 1 aliphatic heterocycles. The second-order valence-electron chi connectivity index (χ2n) is 10.7. The molecule has 1 fully saturated rings. The molecule has 0 amide bonds. The fourth-order valence-corrected chi connectivity index (χ4v) is 6.19. The van der Waals surface area contributed by atoms with Gasteiger partial charge in [-0.3, -0.25) is 14.4 Å². The largest absolute Gasteiger partial charge is 0.416 e. The zero-order valence-corrected chi connectivity index (χ0v) is 24.0. The SMILES string of the molecule is CC[C@H]1CN([C@@H](C)c2nc3cc(C(F)(F)F)ccc3n2CC)[C@H](CC)CN1c1cc(=O)n(C)c2cn(CC#N)nc12. The summed E-state index contributed by atoms with van der Waals surface area (Å²) < 4.78 is 45.3. The standard InChI is InChI=1S/C29H35F3N8O/c1-6-20-16-40(24-14-26(41)36(5)25-17-37(12-11-33)35-27(24)25)21(7-2)15-39(20)18(4)28-34-22-13-19(29(30,31)32)9-10-23(22)38(28)8-3/h9-10,13-14,17-18,20-21H,6-8,12,15-16H2,1-5H3/t18-,20+,21-/m0/s1. The fraction of sp³-hybridized carbons (Fsp3) is 0.517. The second kappa shape index (κ2) is 10.9. The van der Waals surface area contributed by atoms with Crippen LogP contribution in [0, 0.1) is 11.3 Å². The normalized spacial score (nSPS) is 19.2. The van der Waals surface area contributed by atoms with Gasteiger partial charge in [-0.25, -0.2) is 4.98 Å². The Kier molecular flexibility index (Phi) is 7.59. The van der Waals surface area contributed by atoms with E-state index in [-0.39, 0.29) is 30.2 Å². The highest BCUT2D eigenvalue weighted by Crippen LogP contribution is 2.36. The number of halogens is 3. The maximum atomic E-state index is 13.4. The number of anilines is 1. The number of hydrogen-bond donors (Lipinski definition) is 0. The summed E-state index contributed by atoms with van der Waals surface area (Å²) in [6.07, 6.45) is -1.05. The Morgan fingerprint density at radius 3 is 2.46 bits per heavy atom. The van der Waals surface area contributed by atoms with Gasteiger partial charge in [0.2, 0.25) is 0 Å². The van der Waals surface area contributed by atoms with Gasteiger partial charge in [-0.2, -0.15) is 23.5 Å².